The van der Waals surface area contributed by atoms with Crippen molar-refractivity contribution in [2.75, 3.05) is 12.4 Å². The van der Waals surface area contributed by atoms with E-state index in [0.29, 0.717) is 17.4 Å². The minimum Gasteiger partial charge on any atom is -0.438 e. The van der Waals surface area contributed by atoms with Gasteiger partial charge in [0.05, 0.1) is 13.0 Å². The number of benzene rings is 2. The van der Waals surface area contributed by atoms with E-state index in [4.69, 9.17) is 9.29 Å². The fraction of sp³-hybridized carbons (Fsp3) is 0.389. The topological polar surface area (TPSA) is 93.2 Å². The Morgan fingerprint density at radius 1 is 1.03 bits per heavy atom. The number of rotatable bonds is 6. The fourth-order valence-corrected chi connectivity index (χ4v) is 3.89. The first kappa shape index (κ1) is 23.3. The van der Waals surface area contributed by atoms with Gasteiger partial charge in [-0.05, 0) is 28.0 Å². The summed E-state index contributed by atoms with van der Waals surface area (Å²) in [6, 6.07) is 9.37. The van der Waals surface area contributed by atoms with Crippen molar-refractivity contribution in [3.63, 3.8) is 0 Å². The molecule has 1 aliphatic rings. The molecule has 0 bridgehead atoms. The van der Waals surface area contributed by atoms with E-state index in [0.717, 1.165) is 5.56 Å². The van der Waals surface area contributed by atoms with Gasteiger partial charge in [0, 0.05) is 0 Å². The Balaban J connectivity index is 1.87. The zero-order valence-electron chi connectivity index (χ0n) is 15.3. The highest BCUT2D eigenvalue weighted by Crippen LogP contribution is 2.47. The second-order valence-corrected chi connectivity index (χ2v) is 8.42. The Labute approximate surface area is 171 Å². The van der Waals surface area contributed by atoms with Crippen LogP contribution in [0.5, 0.6) is 0 Å². The van der Waals surface area contributed by atoms with Crippen LogP contribution in [-0.2, 0) is 30.8 Å². The van der Waals surface area contributed by atoms with E-state index >= 15 is 0 Å². The Morgan fingerprint density at radius 2 is 1.58 bits per heavy atom. The third-order valence-electron chi connectivity index (χ3n) is 4.57. The summed E-state index contributed by atoms with van der Waals surface area (Å²) in [5.41, 5.74) is -4.48. The lowest BCUT2D eigenvalue weighted by molar-refractivity contribution is -0.361. The third kappa shape index (κ3) is 5.10. The first-order chi connectivity index (χ1) is 14.1. The van der Waals surface area contributed by atoms with Crippen LogP contribution >= 0.6 is 0 Å². The number of hydrogen-bond acceptors (Lipinski definition) is 5. The second kappa shape index (κ2) is 7.64. The molecular weight excluding hydrogens is 458 g/mol. The van der Waals surface area contributed by atoms with E-state index in [1.807, 2.05) is 0 Å². The molecule has 13 heteroatoms. The van der Waals surface area contributed by atoms with Crippen molar-refractivity contribution in [2.24, 2.45) is 0 Å². The number of carbonyl (C=O) groups is 1. The lowest BCUT2D eigenvalue weighted by Gasteiger charge is -2.35. The maximum Gasteiger partial charge on any atom is 0.438 e. The van der Waals surface area contributed by atoms with Crippen molar-refractivity contribution in [1.29, 1.82) is 0 Å². The van der Waals surface area contributed by atoms with Crippen LogP contribution < -0.4 is 0 Å². The summed E-state index contributed by atoms with van der Waals surface area (Å²) in [4.78, 5) is 12.0. The predicted octanol–water partition coefficient (Wildman–Crippen LogP) is 3.75. The maximum absolute atomic E-state index is 13.2. The van der Waals surface area contributed by atoms with Gasteiger partial charge in [0.2, 0.25) is 0 Å². The largest absolute Gasteiger partial charge is 0.438 e. The van der Waals surface area contributed by atoms with Crippen molar-refractivity contribution < 1.29 is 53.6 Å². The highest BCUT2D eigenvalue weighted by Gasteiger charge is 2.75. The normalized spacial score (nSPS) is 17.6. The number of carbonyl (C=O) groups excluding carboxylic acids is 1. The zero-order chi connectivity index (χ0) is 23.2. The van der Waals surface area contributed by atoms with Crippen LogP contribution in [0.25, 0.3) is 10.8 Å². The SMILES string of the molecule is O=C(Cc1ccc2cc(C3CO3)ccc2c1)OC(CS(=O)(=O)O)(C(F)(F)F)C(F)(F)F. The van der Waals surface area contributed by atoms with Gasteiger partial charge in [0.25, 0.3) is 10.1 Å². The quantitative estimate of drug-likeness (QED) is 0.298. The maximum atomic E-state index is 13.2. The molecule has 1 atom stereocenters. The highest BCUT2D eigenvalue weighted by molar-refractivity contribution is 7.85. The summed E-state index contributed by atoms with van der Waals surface area (Å²) in [7, 11) is -5.83. The molecule has 2 aromatic rings. The molecular formula is C18H14F6O6S. The molecule has 1 N–H and O–H groups in total. The van der Waals surface area contributed by atoms with E-state index in [-0.39, 0.29) is 11.7 Å². The van der Waals surface area contributed by atoms with Crippen LogP contribution in [0.3, 0.4) is 0 Å². The average molecular weight is 472 g/mol. The summed E-state index contributed by atoms with van der Waals surface area (Å²) in [5, 5.41) is 1.27. The molecule has 0 spiro atoms. The molecule has 31 heavy (non-hydrogen) atoms. The molecule has 170 valence electrons. The number of epoxide rings is 1. The molecule has 1 heterocycles. The number of esters is 1. The van der Waals surface area contributed by atoms with Crippen LogP contribution in [-0.4, -0.2) is 49.3 Å². The second-order valence-electron chi connectivity index (χ2n) is 6.96. The van der Waals surface area contributed by atoms with Gasteiger partial charge in [-0.1, -0.05) is 30.3 Å². The van der Waals surface area contributed by atoms with Gasteiger partial charge in [0.1, 0.15) is 11.9 Å². The molecule has 0 aromatic heterocycles. The zero-order valence-corrected chi connectivity index (χ0v) is 16.1. The van der Waals surface area contributed by atoms with Crippen molar-refractivity contribution in [3.05, 3.63) is 47.5 Å². The standard InChI is InChI=1S/C18H14F6O6S/c19-17(20,21)16(18(22,23)24,9-31(26,27)28)30-15(25)6-10-1-2-12-7-13(14-8-29-14)4-3-11(12)5-10/h1-5,7,14H,6,8-9H2,(H,26,27,28). The van der Waals surface area contributed by atoms with E-state index < -0.39 is 46.2 Å². The van der Waals surface area contributed by atoms with Crippen LogP contribution in [0.2, 0.25) is 0 Å². The molecule has 2 aromatic carbocycles. The molecule has 1 fully saturated rings. The fourth-order valence-electron chi connectivity index (χ4n) is 2.99. The Kier molecular flexibility index (Phi) is 5.74. The molecule has 0 radical (unpaired) electrons. The highest BCUT2D eigenvalue weighted by atomic mass is 32.2. The van der Waals surface area contributed by atoms with Crippen LogP contribution in [0.1, 0.15) is 17.2 Å². The minimum atomic E-state index is -6.36. The Morgan fingerprint density at radius 3 is 2.10 bits per heavy atom. The summed E-state index contributed by atoms with van der Waals surface area (Å²) in [6.45, 7) is 0.569. The van der Waals surface area contributed by atoms with Gasteiger partial charge < -0.3 is 9.47 Å². The van der Waals surface area contributed by atoms with Gasteiger partial charge in [-0.2, -0.15) is 34.8 Å². The summed E-state index contributed by atoms with van der Waals surface area (Å²) in [6.07, 6.45) is -13.7. The summed E-state index contributed by atoms with van der Waals surface area (Å²) >= 11 is 0. The van der Waals surface area contributed by atoms with E-state index in [1.54, 1.807) is 18.2 Å². The third-order valence-corrected chi connectivity index (χ3v) is 5.34. The van der Waals surface area contributed by atoms with Gasteiger partial charge in [0.15, 0.2) is 0 Å². The van der Waals surface area contributed by atoms with Crippen molar-refractivity contribution in [1.82, 2.24) is 0 Å². The predicted molar refractivity (Wildman–Crippen MR) is 93.7 cm³/mol. The monoisotopic (exact) mass is 472 g/mol. The van der Waals surface area contributed by atoms with E-state index in [9.17, 15) is 39.6 Å². The summed E-state index contributed by atoms with van der Waals surface area (Å²) < 4.78 is 119. The molecule has 0 aliphatic carbocycles. The minimum absolute atomic E-state index is 0.0280. The lowest BCUT2D eigenvalue weighted by atomic mass is 10.0. The van der Waals surface area contributed by atoms with Gasteiger partial charge in [-0.3, -0.25) is 9.35 Å². The summed E-state index contributed by atoms with van der Waals surface area (Å²) in [5.74, 6) is -4.89. The van der Waals surface area contributed by atoms with Crippen molar-refractivity contribution in [2.45, 2.75) is 30.5 Å². The Bertz CT molecular complexity index is 1090. The smallest absolute Gasteiger partial charge is 0.438 e. The molecule has 0 amide bonds. The number of alkyl halides is 6. The van der Waals surface area contributed by atoms with Crippen molar-refractivity contribution >= 4 is 26.9 Å². The first-order valence-electron chi connectivity index (χ1n) is 8.56. The molecule has 1 unspecified atom stereocenters. The number of fused-ring (bicyclic) bond motifs is 1. The van der Waals surface area contributed by atoms with Crippen LogP contribution in [0.4, 0.5) is 26.3 Å². The van der Waals surface area contributed by atoms with E-state index in [2.05, 4.69) is 4.74 Å². The van der Waals surface area contributed by atoms with Crippen molar-refractivity contribution in [3.8, 4) is 0 Å². The number of halogens is 6. The molecule has 0 saturated carbocycles. The van der Waals surface area contributed by atoms with E-state index in [1.165, 1.54) is 18.2 Å². The Hall–Kier alpha value is -2.38. The molecule has 1 aliphatic heterocycles. The number of hydrogen-bond donors (Lipinski definition) is 1. The van der Waals surface area contributed by atoms with Gasteiger partial charge >= 0.3 is 23.9 Å². The molecule has 1 saturated heterocycles. The number of ether oxygens (including phenoxy) is 2. The first-order valence-corrected chi connectivity index (χ1v) is 10.2. The van der Waals surface area contributed by atoms with Gasteiger partial charge in [-0.15, -0.1) is 0 Å². The lowest BCUT2D eigenvalue weighted by Crippen LogP contribution is -2.63. The van der Waals surface area contributed by atoms with Crippen LogP contribution in [0, 0.1) is 0 Å². The molecule has 3 rings (SSSR count). The molecule has 6 nitrogen and oxygen atoms in total. The van der Waals surface area contributed by atoms with Crippen LogP contribution in [0.15, 0.2) is 36.4 Å². The average Bonchev–Trinajstić information content (AvgIpc) is 3.42. The van der Waals surface area contributed by atoms with Gasteiger partial charge in [-0.25, -0.2) is 0 Å².